The normalized spacial score (nSPS) is 10.4. The lowest BCUT2D eigenvalue weighted by atomic mass is 10.1. The van der Waals surface area contributed by atoms with Crippen LogP contribution in [-0.2, 0) is 12.8 Å². The summed E-state index contributed by atoms with van der Waals surface area (Å²) >= 11 is 0. The molecular weight excluding hydrogens is 371 g/mol. The maximum Gasteiger partial charge on any atom is 0.271 e. The van der Waals surface area contributed by atoms with Gasteiger partial charge in [0, 0.05) is 13.1 Å². The number of para-hydroxylation sites is 1. The van der Waals surface area contributed by atoms with Gasteiger partial charge in [0.25, 0.3) is 5.91 Å². The van der Waals surface area contributed by atoms with Crippen molar-refractivity contribution in [1.82, 2.24) is 15.3 Å². The van der Waals surface area contributed by atoms with Crippen LogP contribution in [0.3, 0.4) is 0 Å². The highest BCUT2D eigenvalue weighted by molar-refractivity contribution is 5.91. The van der Waals surface area contributed by atoms with Crippen molar-refractivity contribution in [2.45, 2.75) is 12.8 Å². The Morgan fingerprint density at radius 1 is 1.00 bits per heavy atom. The summed E-state index contributed by atoms with van der Waals surface area (Å²) in [4.78, 5) is 20.6. The molecule has 2 N–H and O–H groups in total. The van der Waals surface area contributed by atoms with Crippen molar-refractivity contribution < 1.29 is 13.9 Å². The topological polar surface area (TPSA) is 76.1 Å². The van der Waals surface area contributed by atoms with Crippen LogP contribution in [-0.4, -0.2) is 36.1 Å². The van der Waals surface area contributed by atoms with E-state index in [1.165, 1.54) is 24.5 Å². The Hall–Kier alpha value is -3.48. The number of hydrogen-bond acceptors (Lipinski definition) is 5. The third-order valence-corrected chi connectivity index (χ3v) is 4.39. The number of hydrogen-bond donors (Lipinski definition) is 2. The van der Waals surface area contributed by atoms with Crippen LogP contribution in [0.2, 0.25) is 0 Å². The van der Waals surface area contributed by atoms with Crippen molar-refractivity contribution in [2.24, 2.45) is 0 Å². The Kier molecular flexibility index (Phi) is 7.10. The van der Waals surface area contributed by atoms with E-state index in [1.807, 2.05) is 24.3 Å². The van der Waals surface area contributed by atoms with Crippen LogP contribution < -0.4 is 15.4 Å². The predicted octanol–water partition coefficient (Wildman–Crippen LogP) is 3.25. The van der Waals surface area contributed by atoms with Crippen molar-refractivity contribution in [3.8, 4) is 5.75 Å². The monoisotopic (exact) mass is 394 g/mol. The van der Waals surface area contributed by atoms with Gasteiger partial charge in [-0.25, -0.2) is 14.4 Å². The van der Waals surface area contributed by atoms with Crippen molar-refractivity contribution >= 4 is 11.7 Å². The average molecular weight is 394 g/mol. The molecule has 2 aromatic carbocycles. The fourth-order valence-electron chi connectivity index (χ4n) is 2.83. The maximum atomic E-state index is 12.9. The summed E-state index contributed by atoms with van der Waals surface area (Å²) in [5.41, 5.74) is 2.30. The molecule has 3 rings (SSSR count). The molecule has 0 saturated heterocycles. The third kappa shape index (κ3) is 6.00. The van der Waals surface area contributed by atoms with E-state index in [-0.39, 0.29) is 17.4 Å². The van der Waals surface area contributed by atoms with E-state index in [1.54, 1.807) is 19.2 Å². The molecule has 0 atom stereocenters. The van der Waals surface area contributed by atoms with Crippen molar-refractivity contribution in [2.75, 3.05) is 25.5 Å². The molecule has 7 heteroatoms. The van der Waals surface area contributed by atoms with Gasteiger partial charge in [-0.2, -0.15) is 0 Å². The fraction of sp³-hybridized carbons (Fsp3) is 0.227. The standard InChI is InChI=1S/C22H23FN4O2/c1-29-20-5-3-2-4-17(20)11-13-24-21-15-26-19(14-27-21)22(28)25-12-10-16-6-8-18(23)9-7-16/h2-9,14-15H,10-13H2,1H3,(H,24,27)(H,25,28). The second kappa shape index (κ2) is 10.2. The summed E-state index contributed by atoms with van der Waals surface area (Å²) in [5.74, 6) is 0.889. The number of nitrogens with zero attached hydrogens (tertiary/aromatic N) is 2. The smallest absolute Gasteiger partial charge is 0.271 e. The predicted molar refractivity (Wildman–Crippen MR) is 110 cm³/mol. The Balaban J connectivity index is 1.44. The molecule has 29 heavy (non-hydrogen) atoms. The summed E-state index contributed by atoms with van der Waals surface area (Å²) in [6.45, 7) is 1.10. The van der Waals surface area contributed by atoms with Crippen molar-refractivity contribution in [1.29, 1.82) is 0 Å². The second-order valence-corrected chi connectivity index (χ2v) is 6.41. The van der Waals surface area contributed by atoms with Gasteiger partial charge >= 0.3 is 0 Å². The number of nitrogens with one attached hydrogen (secondary N) is 2. The van der Waals surface area contributed by atoms with E-state index in [0.29, 0.717) is 25.3 Å². The maximum absolute atomic E-state index is 12.9. The van der Waals surface area contributed by atoms with E-state index < -0.39 is 0 Å². The summed E-state index contributed by atoms with van der Waals surface area (Å²) in [5, 5.41) is 5.98. The minimum atomic E-state index is -0.291. The van der Waals surface area contributed by atoms with Gasteiger partial charge in [-0.15, -0.1) is 0 Å². The van der Waals surface area contributed by atoms with Crippen molar-refractivity contribution in [3.63, 3.8) is 0 Å². The SMILES string of the molecule is COc1ccccc1CCNc1cnc(C(=O)NCCc2ccc(F)cc2)cn1. The van der Waals surface area contributed by atoms with E-state index in [4.69, 9.17) is 4.74 Å². The molecule has 0 aliphatic carbocycles. The number of methoxy groups -OCH3 is 1. The number of benzene rings is 2. The second-order valence-electron chi connectivity index (χ2n) is 6.41. The first-order chi connectivity index (χ1) is 14.2. The van der Waals surface area contributed by atoms with Gasteiger partial charge in [0.05, 0.1) is 19.5 Å². The lowest BCUT2D eigenvalue weighted by molar-refractivity contribution is 0.0949. The zero-order valence-corrected chi connectivity index (χ0v) is 16.2. The number of aromatic nitrogens is 2. The minimum absolute atomic E-state index is 0.249. The highest BCUT2D eigenvalue weighted by atomic mass is 19.1. The number of carbonyl (C=O) groups excluding carboxylic acids is 1. The molecule has 0 radical (unpaired) electrons. The highest BCUT2D eigenvalue weighted by Crippen LogP contribution is 2.17. The Labute approximate surface area is 169 Å². The molecular formula is C22H23FN4O2. The first-order valence-electron chi connectivity index (χ1n) is 9.36. The third-order valence-electron chi connectivity index (χ3n) is 4.39. The number of halogens is 1. The largest absolute Gasteiger partial charge is 0.496 e. The summed E-state index contributed by atoms with van der Waals surface area (Å²) in [7, 11) is 1.65. The molecule has 6 nitrogen and oxygen atoms in total. The van der Waals surface area contributed by atoms with Gasteiger partial charge in [0.15, 0.2) is 0 Å². The fourth-order valence-corrected chi connectivity index (χ4v) is 2.83. The summed E-state index contributed by atoms with van der Waals surface area (Å²) < 4.78 is 18.2. The molecule has 0 bridgehead atoms. The lowest BCUT2D eigenvalue weighted by Crippen LogP contribution is -2.26. The van der Waals surface area contributed by atoms with Crippen LogP contribution in [0.1, 0.15) is 21.6 Å². The Morgan fingerprint density at radius 3 is 2.52 bits per heavy atom. The van der Waals surface area contributed by atoms with Crippen LogP contribution in [0.15, 0.2) is 60.9 Å². The van der Waals surface area contributed by atoms with Gasteiger partial charge in [-0.05, 0) is 42.2 Å². The van der Waals surface area contributed by atoms with Crippen LogP contribution in [0, 0.1) is 5.82 Å². The molecule has 0 fully saturated rings. The quantitative estimate of drug-likeness (QED) is 0.583. The molecule has 1 heterocycles. The Morgan fingerprint density at radius 2 is 1.79 bits per heavy atom. The van der Waals surface area contributed by atoms with Gasteiger partial charge in [0.2, 0.25) is 0 Å². The van der Waals surface area contributed by atoms with Crippen LogP contribution in [0.5, 0.6) is 5.75 Å². The highest BCUT2D eigenvalue weighted by Gasteiger charge is 2.08. The molecule has 0 aliphatic heterocycles. The molecule has 0 unspecified atom stereocenters. The van der Waals surface area contributed by atoms with Crippen LogP contribution in [0.4, 0.5) is 10.2 Å². The van der Waals surface area contributed by atoms with E-state index in [9.17, 15) is 9.18 Å². The van der Waals surface area contributed by atoms with Gasteiger partial charge in [-0.1, -0.05) is 30.3 Å². The Bertz CT molecular complexity index is 930. The van der Waals surface area contributed by atoms with E-state index >= 15 is 0 Å². The lowest BCUT2D eigenvalue weighted by Gasteiger charge is -2.09. The first kappa shape index (κ1) is 20.3. The zero-order valence-electron chi connectivity index (χ0n) is 16.2. The van der Waals surface area contributed by atoms with Gasteiger partial charge in [-0.3, -0.25) is 4.79 Å². The summed E-state index contributed by atoms with van der Waals surface area (Å²) in [6.07, 6.45) is 4.37. The zero-order chi connectivity index (χ0) is 20.5. The molecule has 150 valence electrons. The number of anilines is 1. The number of ether oxygens (including phenoxy) is 1. The van der Waals surface area contributed by atoms with Crippen molar-refractivity contribution in [3.05, 3.63) is 83.6 Å². The van der Waals surface area contributed by atoms with E-state index in [2.05, 4.69) is 20.6 Å². The van der Waals surface area contributed by atoms with E-state index in [0.717, 1.165) is 23.3 Å². The molecule has 0 saturated carbocycles. The van der Waals surface area contributed by atoms with Crippen LogP contribution in [0.25, 0.3) is 0 Å². The molecule has 0 aliphatic rings. The molecule has 3 aromatic rings. The number of carbonyl (C=O) groups is 1. The molecule has 1 aromatic heterocycles. The first-order valence-corrected chi connectivity index (χ1v) is 9.36. The molecule has 1 amide bonds. The molecule has 0 spiro atoms. The van der Waals surface area contributed by atoms with Crippen LogP contribution >= 0.6 is 0 Å². The average Bonchev–Trinajstić information content (AvgIpc) is 2.76. The number of rotatable bonds is 9. The summed E-state index contributed by atoms with van der Waals surface area (Å²) in [6, 6.07) is 14.1. The van der Waals surface area contributed by atoms with Gasteiger partial charge in [0.1, 0.15) is 23.1 Å². The minimum Gasteiger partial charge on any atom is -0.496 e. The van der Waals surface area contributed by atoms with Gasteiger partial charge < -0.3 is 15.4 Å². The number of amides is 1.